The van der Waals surface area contributed by atoms with Crippen molar-refractivity contribution < 1.29 is 14.6 Å². The standard InChI is InChI=1S/C10H11NO4/c1-10(2)4-6-5(9(13)14)3-7(12)11-8(6)15-10/h3H,4H2,1-2H3,(H,11,12)(H,13,14). The number of carbonyl (C=O) groups is 1. The minimum Gasteiger partial charge on any atom is -0.478 e. The predicted molar refractivity (Wildman–Crippen MR) is 52.4 cm³/mol. The van der Waals surface area contributed by atoms with E-state index in [9.17, 15) is 9.59 Å². The molecule has 0 aromatic carbocycles. The molecular weight excluding hydrogens is 198 g/mol. The minimum atomic E-state index is -1.10. The Bertz CT molecular complexity index is 487. The fourth-order valence-corrected chi connectivity index (χ4v) is 1.76. The normalized spacial score (nSPS) is 16.9. The topological polar surface area (TPSA) is 79.4 Å². The summed E-state index contributed by atoms with van der Waals surface area (Å²) in [5.41, 5.74) is -0.327. The summed E-state index contributed by atoms with van der Waals surface area (Å²) < 4.78 is 5.45. The summed E-state index contributed by atoms with van der Waals surface area (Å²) in [5, 5.41) is 8.94. The van der Waals surface area contributed by atoms with Crippen molar-refractivity contribution in [3.63, 3.8) is 0 Å². The monoisotopic (exact) mass is 209 g/mol. The zero-order chi connectivity index (χ0) is 11.2. The van der Waals surface area contributed by atoms with Crippen LogP contribution in [0.25, 0.3) is 0 Å². The van der Waals surface area contributed by atoms with Gasteiger partial charge in [-0.05, 0) is 13.8 Å². The maximum Gasteiger partial charge on any atom is 0.336 e. The molecule has 0 fully saturated rings. The first-order valence-corrected chi connectivity index (χ1v) is 4.57. The number of H-pyrrole nitrogens is 1. The van der Waals surface area contributed by atoms with Crippen LogP contribution in [-0.4, -0.2) is 21.7 Å². The van der Waals surface area contributed by atoms with E-state index >= 15 is 0 Å². The average Bonchev–Trinajstić information content (AvgIpc) is 2.36. The Morgan fingerprint density at radius 2 is 2.27 bits per heavy atom. The van der Waals surface area contributed by atoms with E-state index < -0.39 is 17.1 Å². The van der Waals surface area contributed by atoms with Crippen molar-refractivity contribution in [2.75, 3.05) is 0 Å². The van der Waals surface area contributed by atoms with Crippen LogP contribution in [0.4, 0.5) is 0 Å². The van der Waals surface area contributed by atoms with E-state index in [-0.39, 0.29) is 11.4 Å². The number of fused-ring (bicyclic) bond motifs is 1. The van der Waals surface area contributed by atoms with Gasteiger partial charge in [0.2, 0.25) is 0 Å². The highest BCUT2D eigenvalue weighted by molar-refractivity contribution is 5.90. The van der Waals surface area contributed by atoms with Gasteiger partial charge in [0.1, 0.15) is 5.60 Å². The van der Waals surface area contributed by atoms with Crippen LogP contribution in [0.2, 0.25) is 0 Å². The number of hydrogen-bond acceptors (Lipinski definition) is 3. The van der Waals surface area contributed by atoms with Crippen molar-refractivity contribution >= 4 is 5.97 Å². The Morgan fingerprint density at radius 3 is 2.87 bits per heavy atom. The molecule has 1 aromatic rings. The smallest absolute Gasteiger partial charge is 0.336 e. The molecule has 0 amide bonds. The van der Waals surface area contributed by atoms with Crippen LogP contribution in [0.1, 0.15) is 29.8 Å². The van der Waals surface area contributed by atoms with Crippen LogP contribution in [0.3, 0.4) is 0 Å². The van der Waals surface area contributed by atoms with E-state index in [0.29, 0.717) is 12.0 Å². The fraction of sp³-hybridized carbons (Fsp3) is 0.400. The summed E-state index contributed by atoms with van der Waals surface area (Å²) in [7, 11) is 0. The van der Waals surface area contributed by atoms with Gasteiger partial charge in [0.15, 0.2) is 5.88 Å². The van der Waals surface area contributed by atoms with Gasteiger partial charge in [-0.25, -0.2) is 4.79 Å². The van der Waals surface area contributed by atoms with E-state index in [4.69, 9.17) is 9.84 Å². The van der Waals surface area contributed by atoms with Gasteiger partial charge in [-0.1, -0.05) is 0 Å². The molecule has 1 aliphatic heterocycles. The van der Waals surface area contributed by atoms with Crippen LogP contribution < -0.4 is 10.3 Å². The third-order valence-electron chi connectivity index (χ3n) is 2.32. The molecule has 0 atom stereocenters. The Hall–Kier alpha value is -1.78. The van der Waals surface area contributed by atoms with Crippen LogP contribution >= 0.6 is 0 Å². The molecule has 15 heavy (non-hydrogen) atoms. The predicted octanol–water partition coefficient (Wildman–Crippen LogP) is 0.787. The Balaban J connectivity index is 2.63. The zero-order valence-corrected chi connectivity index (χ0v) is 8.46. The lowest BCUT2D eigenvalue weighted by molar-refractivity contribution is 0.0695. The molecule has 5 nitrogen and oxygen atoms in total. The minimum absolute atomic E-state index is 0.0272. The molecule has 0 unspecified atom stereocenters. The molecule has 0 radical (unpaired) electrons. The molecule has 1 aromatic heterocycles. The van der Waals surface area contributed by atoms with Crippen LogP contribution in [-0.2, 0) is 6.42 Å². The quantitative estimate of drug-likeness (QED) is 0.716. The van der Waals surface area contributed by atoms with Gasteiger partial charge in [0.05, 0.1) is 5.56 Å². The summed E-state index contributed by atoms with van der Waals surface area (Å²) >= 11 is 0. The fourth-order valence-electron chi connectivity index (χ4n) is 1.76. The number of hydrogen-bond donors (Lipinski definition) is 2. The Labute approximate surface area is 85.7 Å². The lowest BCUT2D eigenvalue weighted by Gasteiger charge is -2.16. The van der Waals surface area contributed by atoms with Gasteiger partial charge in [-0.2, -0.15) is 0 Å². The van der Waals surface area contributed by atoms with Gasteiger partial charge in [-0.15, -0.1) is 0 Å². The number of ether oxygens (including phenoxy) is 1. The van der Waals surface area contributed by atoms with Gasteiger partial charge >= 0.3 is 5.97 Å². The average molecular weight is 209 g/mol. The molecular formula is C10H11NO4. The van der Waals surface area contributed by atoms with Crippen molar-refractivity contribution in [3.05, 3.63) is 27.5 Å². The highest BCUT2D eigenvalue weighted by Crippen LogP contribution is 2.33. The molecule has 80 valence electrons. The SMILES string of the molecule is CC1(C)Cc2c(C(=O)O)cc(=O)[nH]c2O1. The second kappa shape index (κ2) is 2.85. The van der Waals surface area contributed by atoms with E-state index in [1.807, 2.05) is 13.8 Å². The molecule has 1 aliphatic rings. The third kappa shape index (κ3) is 1.60. The van der Waals surface area contributed by atoms with Gasteiger partial charge in [0.25, 0.3) is 5.56 Å². The molecule has 2 heterocycles. The number of pyridine rings is 1. The largest absolute Gasteiger partial charge is 0.478 e. The summed E-state index contributed by atoms with van der Waals surface area (Å²) in [6.07, 6.45) is 0.487. The molecule has 0 saturated carbocycles. The summed E-state index contributed by atoms with van der Waals surface area (Å²) in [4.78, 5) is 24.6. The van der Waals surface area contributed by atoms with Crippen molar-refractivity contribution in [2.45, 2.75) is 25.9 Å². The number of nitrogens with one attached hydrogen (secondary N) is 1. The van der Waals surface area contributed by atoms with Gasteiger partial charge in [0, 0.05) is 18.1 Å². The number of aromatic amines is 1. The summed E-state index contributed by atoms with van der Waals surface area (Å²) in [6.45, 7) is 3.69. The van der Waals surface area contributed by atoms with Crippen LogP contribution in [0.5, 0.6) is 5.88 Å². The number of aromatic carboxylic acids is 1. The van der Waals surface area contributed by atoms with E-state index in [0.717, 1.165) is 6.07 Å². The first-order chi connectivity index (χ1) is 6.89. The van der Waals surface area contributed by atoms with E-state index in [1.54, 1.807) is 0 Å². The number of rotatable bonds is 1. The second-order valence-corrected chi connectivity index (χ2v) is 4.20. The molecule has 5 heteroatoms. The van der Waals surface area contributed by atoms with Crippen molar-refractivity contribution in [3.8, 4) is 5.88 Å². The van der Waals surface area contributed by atoms with E-state index in [2.05, 4.69) is 4.98 Å². The Morgan fingerprint density at radius 1 is 1.60 bits per heavy atom. The molecule has 2 rings (SSSR count). The molecule has 0 spiro atoms. The van der Waals surface area contributed by atoms with Crippen LogP contribution in [0.15, 0.2) is 10.9 Å². The Kier molecular flexibility index (Phi) is 1.86. The summed E-state index contributed by atoms with van der Waals surface area (Å²) in [5.74, 6) is -0.816. The van der Waals surface area contributed by atoms with Crippen molar-refractivity contribution in [2.24, 2.45) is 0 Å². The van der Waals surface area contributed by atoms with Crippen molar-refractivity contribution in [1.29, 1.82) is 0 Å². The lowest BCUT2D eigenvalue weighted by Crippen LogP contribution is -2.25. The lowest BCUT2D eigenvalue weighted by atomic mass is 9.99. The van der Waals surface area contributed by atoms with Crippen molar-refractivity contribution in [1.82, 2.24) is 4.98 Å². The van der Waals surface area contributed by atoms with Crippen LogP contribution in [0, 0.1) is 0 Å². The van der Waals surface area contributed by atoms with Gasteiger partial charge in [-0.3, -0.25) is 9.78 Å². The third-order valence-corrected chi connectivity index (χ3v) is 2.32. The molecule has 0 saturated heterocycles. The highest BCUT2D eigenvalue weighted by Gasteiger charge is 2.34. The second-order valence-electron chi connectivity index (χ2n) is 4.20. The van der Waals surface area contributed by atoms with E-state index in [1.165, 1.54) is 0 Å². The number of carboxylic acid groups (broad SMARTS) is 1. The molecule has 0 bridgehead atoms. The zero-order valence-electron chi connectivity index (χ0n) is 8.46. The summed E-state index contributed by atoms with van der Waals surface area (Å²) in [6, 6.07) is 1.09. The molecule has 0 aliphatic carbocycles. The first kappa shape index (κ1) is 9.76. The molecule has 2 N–H and O–H groups in total. The number of carboxylic acids is 1. The maximum absolute atomic E-state index is 11.2. The first-order valence-electron chi connectivity index (χ1n) is 4.57. The van der Waals surface area contributed by atoms with Gasteiger partial charge < -0.3 is 9.84 Å². The highest BCUT2D eigenvalue weighted by atomic mass is 16.5. The maximum atomic E-state index is 11.2. The number of aromatic nitrogens is 1.